The minimum absolute atomic E-state index is 0.120. The molecule has 4 nitrogen and oxygen atoms in total. The molecule has 0 aromatic carbocycles. The normalized spacial score (nSPS) is 20.1. The van der Waals surface area contributed by atoms with Gasteiger partial charge in [0.2, 0.25) is 5.91 Å². The Morgan fingerprint density at radius 2 is 2.12 bits per heavy atom. The molecule has 0 radical (unpaired) electrons. The Morgan fingerprint density at radius 3 is 2.56 bits per heavy atom. The van der Waals surface area contributed by atoms with E-state index in [4.69, 9.17) is 11.0 Å². The van der Waals surface area contributed by atoms with Gasteiger partial charge in [-0.3, -0.25) is 4.79 Å². The maximum atomic E-state index is 12.3. The predicted molar refractivity (Wildman–Crippen MR) is 62.4 cm³/mol. The van der Waals surface area contributed by atoms with Crippen LogP contribution >= 0.6 is 0 Å². The zero-order chi connectivity index (χ0) is 12.2. The molecule has 0 aliphatic heterocycles. The van der Waals surface area contributed by atoms with Gasteiger partial charge in [-0.05, 0) is 19.8 Å². The van der Waals surface area contributed by atoms with Gasteiger partial charge in [-0.1, -0.05) is 12.8 Å². The topological polar surface area (TPSA) is 70.1 Å². The summed E-state index contributed by atoms with van der Waals surface area (Å²) in [6.45, 7) is 2.75. The van der Waals surface area contributed by atoms with E-state index >= 15 is 0 Å². The summed E-state index contributed by atoms with van der Waals surface area (Å²) in [7, 11) is 1.77. The molecule has 16 heavy (non-hydrogen) atoms. The van der Waals surface area contributed by atoms with Crippen LogP contribution in [0.2, 0.25) is 0 Å². The molecule has 1 amide bonds. The average molecular weight is 223 g/mol. The van der Waals surface area contributed by atoms with E-state index in [0.717, 1.165) is 25.7 Å². The molecule has 1 saturated carbocycles. The summed E-state index contributed by atoms with van der Waals surface area (Å²) in [6.07, 6.45) is 3.97. The maximum Gasteiger partial charge on any atom is 0.229 e. The van der Waals surface area contributed by atoms with Gasteiger partial charge in [0.15, 0.2) is 0 Å². The van der Waals surface area contributed by atoms with E-state index < -0.39 is 0 Å². The Hall–Kier alpha value is -1.08. The van der Waals surface area contributed by atoms with E-state index in [1.165, 1.54) is 0 Å². The molecule has 4 heteroatoms. The van der Waals surface area contributed by atoms with Gasteiger partial charge < -0.3 is 10.6 Å². The first-order chi connectivity index (χ1) is 7.55. The van der Waals surface area contributed by atoms with Crippen molar-refractivity contribution >= 4 is 5.91 Å². The SMILES string of the molecule is CC(C#N)CN(C)C(=O)C1(CN)CCCC1. The van der Waals surface area contributed by atoms with Gasteiger partial charge in [-0.2, -0.15) is 5.26 Å². The first kappa shape index (κ1) is 13.0. The highest BCUT2D eigenvalue weighted by Gasteiger charge is 2.41. The number of carbonyl (C=O) groups is 1. The summed E-state index contributed by atoms with van der Waals surface area (Å²) in [5.74, 6) is -0.000206. The number of amides is 1. The molecule has 1 atom stereocenters. The monoisotopic (exact) mass is 223 g/mol. The van der Waals surface area contributed by atoms with Gasteiger partial charge in [-0.25, -0.2) is 0 Å². The van der Waals surface area contributed by atoms with Crippen molar-refractivity contribution < 1.29 is 4.79 Å². The van der Waals surface area contributed by atoms with E-state index in [2.05, 4.69) is 6.07 Å². The Bertz CT molecular complexity index is 289. The second-order valence-corrected chi connectivity index (χ2v) is 4.91. The van der Waals surface area contributed by atoms with Crippen molar-refractivity contribution in [3.63, 3.8) is 0 Å². The molecule has 0 aromatic rings. The average Bonchev–Trinajstić information content (AvgIpc) is 2.77. The third-order valence-corrected chi connectivity index (χ3v) is 3.52. The molecule has 0 heterocycles. The summed E-state index contributed by atoms with van der Waals surface area (Å²) < 4.78 is 0. The van der Waals surface area contributed by atoms with Crippen LogP contribution in [0.5, 0.6) is 0 Å². The fourth-order valence-corrected chi connectivity index (χ4v) is 2.50. The van der Waals surface area contributed by atoms with Crippen molar-refractivity contribution in [1.82, 2.24) is 4.90 Å². The number of rotatable bonds is 4. The standard InChI is InChI=1S/C12H21N3O/c1-10(7-13)8-15(2)11(16)12(9-14)5-3-4-6-12/h10H,3-6,8-9,14H2,1-2H3. The van der Waals surface area contributed by atoms with Crippen molar-refractivity contribution in [3.8, 4) is 6.07 Å². The third-order valence-electron chi connectivity index (χ3n) is 3.52. The van der Waals surface area contributed by atoms with Crippen LogP contribution in [-0.2, 0) is 4.79 Å². The van der Waals surface area contributed by atoms with Gasteiger partial charge in [0, 0.05) is 20.1 Å². The Balaban J connectivity index is 2.65. The molecule has 0 spiro atoms. The molecule has 1 rings (SSSR count). The second-order valence-electron chi connectivity index (χ2n) is 4.91. The van der Waals surface area contributed by atoms with E-state index in [1.54, 1.807) is 11.9 Å². The third kappa shape index (κ3) is 2.53. The first-order valence-electron chi connectivity index (χ1n) is 5.91. The second kappa shape index (κ2) is 5.31. The summed E-state index contributed by atoms with van der Waals surface area (Å²) in [4.78, 5) is 14.0. The summed E-state index contributed by atoms with van der Waals surface area (Å²) >= 11 is 0. The highest BCUT2D eigenvalue weighted by molar-refractivity contribution is 5.83. The quantitative estimate of drug-likeness (QED) is 0.776. The minimum atomic E-state index is -0.343. The Kier molecular flexibility index (Phi) is 4.31. The Morgan fingerprint density at radius 1 is 1.56 bits per heavy atom. The van der Waals surface area contributed by atoms with Crippen molar-refractivity contribution in [2.45, 2.75) is 32.6 Å². The number of carbonyl (C=O) groups excluding carboxylic acids is 1. The molecule has 1 unspecified atom stereocenters. The van der Waals surface area contributed by atoms with E-state index in [-0.39, 0.29) is 17.2 Å². The summed E-state index contributed by atoms with van der Waals surface area (Å²) in [5, 5.41) is 8.74. The largest absolute Gasteiger partial charge is 0.344 e. The van der Waals surface area contributed by atoms with Crippen LogP contribution in [0.4, 0.5) is 0 Å². The number of nitrogens with zero attached hydrogens (tertiary/aromatic N) is 2. The van der Waals surface area contributed by atoms with Gasteiger partial charge in [0.25, 0.3) is 0 Å². The van der Waals surface area contributed by atoms with Gasteiger partial charge in [0.05, 0.1) is 17.4 Å². The molecular weight excluding hydrogens is 202 g/mol. The number of hydrogen-bond acceptors (Lipinski definition) is 3. The number of nitriles is 1. The smallest absolute Gasteiger partial charge is 0.229 e. The zero-order valence-corrected chi connectivity index (χ0v) is 10.2. The number of hydrogen-bond donors (Lipinski definition) is 1. The van der Waals surface area contributed by atoms with Crippen molar-refractivity contribution in [3.05, 3.63) is 0 Å². The minimum Gasteiger partial charge on any atom is -0.344 e. The van der Waals surface area contributed by atoms with Crippen LogP contribution in [0.1, 0.15) is 32.6 Å². The molecule has 1 aliphatic rings. The fraction of sp³-hybridized carbons (Fsp3) is 0.833. The maximum absolute atomic E-state index is 12.3. The molecule has 0 bridgehead atoms. The van der Waals surface area contributed by atoms with Gasteiger partial charge in [0.1, 0.15) is 0 Å². The first-order valence-corrected chi connectivity index (χ1v) is 5.91. The van der Waals surface area contributed by atoms with Crippen LogP contribution in [0.15, 0.2) is 0 Å². The molecule has 1 aliphatic carbocycles. The van der Waals surface area contributed by atoms with E-state index in [1.807, 2.05) is 6.92 Å². The van der Waals surface area contributed by atoms with Crippen molar-refractivity contribution in [2.24, 2.45) is 17.1 Å². The molecule has 0 aromatic heterocycles. The van der Waals surface area contributed by atoms with Gasteiger partial charge >= 0.3 is 0 Å². The zero-order valence-electron chi connectivity index (χ0n) is 10.2. The molecular formula is C12H21N3O. The molecule has 0 saturated heterocycles. The van der Waals surface area contributed by atoms with Crippen LogP contribution < -0.4 is 5.73 Å². The summed E-state index contributed by atoms with van der Waals surface area (Å²) in [6, 6.07) is 2.15. The van der Waals surface area contributed by atoms with Crippen LogP contribution in [0.25, 0.3) is 0 Å². The van der Waals surface area contributed by atoms with Gasteiger partial charge in [-0.15, -0.1) is 0 Å². The lowest BCUT2D eigenvalue weighted by molar-refractivity contribution is -0.140. The lowest BCUT2D eigenvalue weighted by Crippen LogP contribution is -2.46. The fourth-order valence-electron chi connectivity index (χ4n) is 2.50. The molecule has 2 N–H and O–H groups in total. The predicted octanol–water partition coefficient (Wildman–Crippen LogP) is 1.12. The van der Waals surface area contributed by atoms with E-state index in [0.29, 0.717) is 13.1 Å². The van der Waals surface area contributed by atoms with E-state index in [9.17, 15) is 4.79 Å². The molecule has 90 valence electrons. The number of nitrogens with two attached hydrogens (primary N) is 1. The van der Waals surface area contributed by atoms with Crippen molar-refractivity contribution in [2.75, 3.05) is 20.1 Å². The van der Waals surface area contributed by atoms with Crippen molar-refractivity contribution in [1.29, 1.82) is 5.26 Å². The Labute approximate surface area is 97.4 Å². The lowest BCUT2D eigenvalue weighted by atomic mass is 9.84. The molecule has 1 fully saturated rings. The highest BCUT2D eigenvalue weighted by atomic mass is 16.2. The summed E-state index contributed by atoms with van der Waals surface area (Å²) in [5.41, 5.74) is 5.41. The lowest BCUT2D eigenvalue weighted by Gasteiger charge is -2.31. The highest BCUT2D eigenvalue weighted by Crippen LogP contribution is 2.38. The van der Waals surface area contributed by atoms with Crippen LogP contribution in [-0.4, -0.2) is 30.9 Å². The van der Waals surface area contributed by atoms with Crippen LogP contribution in [0, 0.1) is 22.7 Å². The van der Waals surface area contributed by atoms with Crippen LogP contribution in [0.3, 0.4) is 0 Å².